The first-order valence-electron chi connectivity index (χ1n) is 12.8. The van der Waals surface area contributed by atoms with E-state index in [1.54, 1.807) is 12.5 Å². The van der Waals surface area contributed by atoms with Crippen molar-refractivity contribution in [3.8, 4) is 0 Å². The molecule has 2 N–H and O–H groups in total. The maximum absolute atomic E-state index is 11.9. The molecule has 4 rings (SSSR count). The summed E-state index contributed by atoms with van der Waals surface area (Å²) in [5.74, 6) is 1.74. The zero-order valence-corrected chi connectivity index (χ0v) is 20.3. The van der Waals surface area contributed by atoms with E-state index in [2.05, 4.69) is 38.7 Å². The van der Waals surface area contributed by atoms with Crippen LogP contribution in [-0.4, -0.2) is 28.2 Å². The summed E-state index contributed by atoms with van der Waals surface area (Å²) >= 11 is 0. The number of ketones is 1. The van der Waals surface area contributed by atoms with Gasteiger partial charge in [-0.05, 0) is 99.9 Å². The van der Waals surface area contributed by atoms with Crippen LogP contribution in [0.25, 0.3) is 0 Å². The number of fused-ring (bicyclic) bond motifs is 1. The molecule has 0 aliphatic heterocycles. The Hall–Kier alpha value is -1.45. The van der Waals surface area contributed by atoms with Crippen LogP contribution in [0.4, 0.5) is 0 Å². The second-order valence-corrected chi connectivity index (χ2v) is 11.4. The number of rotatable bonds is 6. The smallest absolute Gasteiger partial charge is 0.138 e. The Morgan fingerprint density at radius 2 is 1.88 bits per heavy atom. The molecule has 0 heterocycles. The molecule has 0 aromatic rings. The van der Waals surface area contributed by atoms with Gasteiger partial charge in [0.25, 0.3) is 0 Å². The van der Waals surface area contributed by atoms with Crippen molar-refractivity contribution in [1.29, 1.82) is 0 Å². The number of hydrogen-bond donors (Lipinski definition) is 2. The average molecular weight is 439 g/mol. The van der Waals surface area contributed by atoms with Crippen LogP contribution in [0, 0.1) is 28.6 Å². The van der Waals surface area contributed by atoms with Crippen molar-refractivity contribution in [3.05, 3.63) is 47.6 Å². The lowest BCUT2D eigenvalue weighted by Gasteiger charge is -2.44. The monoisotopic (exact) mass is 438 g/mol. The van der Waals surface area contributed by atoms with Crippen molar-refractivity contribution in [3.63, 3.8) is 0 Å². The Labute approximate surface area is 194 Å². The highest BCUT2D eigenvalue weighted by atomic mass is 16.3. The van der Waals surface area contributed by atoms with Gasteiger partial charge >= 0.3 is 0 Å². The van der Waals surface area contributed by atoms with E-state index in [0.717, 1.165) is 32.1 Å². The van der Waals surface area contributed by atoms with Crippen molar-refractivity contribution in [2.45, 2.75) is 97.2 Å². The molecule has 4 aliphatic rings. The summed E-state index contributed by atoms with van der Waals surface area (Å²) in [6.07, 6.45) is 18.1. The number of carbonyl (C=O) groups excluding carboxylic acids is 1. The second-order valence-electron chi connectivity index (χ2n) is 11.4. The van der Waals surface area contributed by atoms with Gasteiger partial charge < -0.3 is 10.2 Å². The Morgan fingerprint density at radius 1 is 1.12 bits per heavy atom. The minimum absolute atomic E-state index is 0.125. The maximum Gasteiger partial charge on any atom is 0.138 e. The molecule has 0 aromatic carbocycles. The number of carbonyl (C=O) groups is 1. The van der Waals surface area contributed by atoms with Gasteiger partial charge in [0, 0.05) is 0 Å². The summed E-state index contributed by atoms with van der Waals surface area (Å²) in [7, 11) is 0. The SMILES string of the molecule is C=C1CC[C@H](O)C/C1=C/C=C1\CCC[C@]2(C)[C@@H]([C@H](C)/C=C/[C@@H](O)C3(C(C)=O)CC3)CC[C@@H]12. The van der Waals surface area contributed by atoms with Crippen LogP contribution < -0.4 is 0 Å². The molecule has 6 atom stereocenters. The zero-order valence-electron chi connectivity index (χ0n) is 20.3. The van der Waals surface area contributed by atoms with Crippen molar-refractivity contribution >= 4 is 5.78 Å². The van der Waals surface area contributed by atoms with Gasteiger partial charge in [0.2, 0.25) is 0 Å². The Balaban J connectivity index is 1.47. The molecule has 4 aliphatic carbocycles. The van der Waals surface area contributed by atoms with E-state index in [4.69, 9.17) is 0 Å². The van der Waals surface area contributed by atoms with Crippen molar-refractivity contribution in [1.82, 2.24) is 0 Å². The molecular formula is C29H42O3. The van der Waals surface area contributed by atoms with Crippen LogP contribution in [0.15, 0.2) is 47.6 Å². The van der Waals surface area contributed by atoms with Crippen LogP contribution >= 0.6 is 0 Å². The lowest BCUT2D eigenvalue weighted by molar-refractivity contribution is -0.124. The second kappa shape index (κ2) is 9.06. The third kappa shape index (κ3) is 4.35. The predicted molar refractivity (Wildman–Crippen MR) is 130 cm³/mol. The molecule has 0 aromatic heterocycles. The molecule has 3 heteroatoms. The molecular weight excluding hydrogens is 396 g/mol. The molecule has 3 nitrogen and oxygen atoms in total. The van der Waals surface area contributed by atoms with Gasteiger partial charge in [-0.1, -0.05) is 55.9 Å². The summed E-state index contributed by atoms with van der Waals surface area (Å²) in [5, 5.41) is 20.7. The lowest BCUT2D eigenvalue weighted by Crippen LogP contribution is -2.35. The first-order valence-corrected chi connectivity index (χ1v) is 12.8. The van der Waals surface area contributed by atoms with Crippen LogP contribution in [-0.2, 0) is 4.79 Å². The highest BCUT2D eigenvalue weighted by Gasteiger charge is 2.53. The zero-order chi connectivity index (χ0) is 23.1. The topological polar surface area (TPSA) is 57.5 Å². The van der Waals surface area contributed by atoms with E-state index >= 15 is 0 Å². The number of allylic oxidation sites excluding steroid dienone is 5. The van der Waals surface area contributed by atoms with Gasteiger partial charge in [-0.25, -0.2) is 0 Å². The van der Waals surface area contributed by atoms with Gasteiger partial charge in [-0.2, -0.15) is 0 Å². The number of aliphatic hydroxyl groups excluding tert-OH is 2. The van der Waals surface area contributed by atoms with E-state index in [0.29, 0.717) is 17.8 Å². The Bertz CT molecular complexity index is 842. The lowest BCUT2D eigenvalue weighted by atomic mass is 9.61. The Morgan fingerprint density at radius 3 is 2.56 bits per heavy atom. The highest BCUT2D eigenvalue weighted by Crippen LogP contribution is 2.59. The number of Topliss-reactive ketones (excluding diaryl/α,β-unsaturated/α-hetero) is 1. The largest absolute Gasteiger partial charge is 0.393 e. The molecule has 176 valence electrons. The predicted octanol–water partition coefficient (Wildman–Crippen LogP) is 6.08. The van der Waals surface area contributed by atoms with Crippen molar-refractivity contribution < 1.29 is 15.0 Å². The minimum Gasteiger partial charge on any atom is -0.393 e. The molecule has 0 unspecified atom stereocenters. The summed E-state index contributed by atoms with van der Waals surface area (Å²) < 4.78 is 0. The summed E-state index contributed by atoms with van der Waals surface area (Å²) in [4.78, 5) is 11.9. The van der Waals surface area contributed by atoms with Crippen LogP contribution in [0.3, 0.4) is 0 Å². The standard InChI is InChI=1S/C29H42O3/c1-19-7-11-24(31)18-23(19)10-9-22-6-5-15-28(4)25(12-13-26(22)28)20(2)8-14-27(32)29(16-17-29)21(3)30/h8-10,14,20,24-27,31-32H,1,5-7,11-13,15-18H2,2-4H3/b14-8+,22-9+,23-10-/t20-,24+,25-,26+,27-,28-/m1/s1. The van der Waals surface area contributed by atoms with Gasteiger partial charge in [-0.15, -0.1) is 0 Å². The summed E-state index contributed by atoms with van der Waals surface area (Å²) in [5.41, 5.74) is 3.78. The maximum atomic E-state index is 11.9. The van der Waals surface area contributed by atoms with Crippen LogP contribution in [0.2, 0.25) is 0 Å². The molecule has 0 radical (unpaired) electrons. The molecule has 32 heavy (non-hydrogen) atoms. The third-order valence-electron chi connectivity index (χ3n) is 9.51. The highest BCUT2D eigenvalue weighted by molar-refractivity contribution is 5.86. The van der Waals surface area contributed by atoms with E-state index in [1.165, 1.54) is 43.3 Å². The summed E-state index contributed by atoms with van der Waals surface area (Å²) in [6, 6.07) is 0. The van der Waals surface area contributed by atoms with Crippen molar-refractivity contribution in [2.24, 2.45) is 28.6 Å². The molecule has 0 spiro atoms. The minimum atomic E-state index is -0.639. The fourth-order valence-corrected chi connectivity index (χ4v) is 7.13. The first kappa shape index (κ1) is 23.7. The van der Waals surface area contributed by atoms with Gasteiger partial charge in [0.1, 0.15) is 5.78 Å². The average Bonchev–Trinajstić information content (AvgIpc) is 3.49. The van der Waals surface area contributed by atoms with Gasteiger partial charge in [0.05, 0.1) is 17.6 Å². The molecule has 0 bridgehead atoms. The Kier molecular flexibility index (Phi) is 6.71. The van der Waals surface area contributed by atoms with Crippen LogP contribution in [0.1, 0.15) is 85.0 Å². The van der Waals surface area contributed by atoms with Crippen LogP contribution in [0.5, 0.6) is 0 Å². The van der Waals surface area contributed by atoms with Crippen molar-refractivity contribution in [2.75, 3.05) is 0 Å². The molecule has 0 saturated heterocycles. The fourth-order valence-electron chi connectivity index (χ4n) is 7.13. The van der Waals surface area contributed by atoms with E-state index in [9.17, 15) is 15.0 Å². The van der Waals surface area contributed by atoms with E-state index < -0.39 is 11.5 Å². The molecule has 4 fully saturated rings. The van der Waals surface area contributed by atoms with Gasteiger partial charge in [-0.3, -0.25) is 4.79 Å². The molecule has 4 saturated carbocycles. The first-order chi connectivity index (χ1) is 15.2. The normalized spacial score (nSPS) is 38.8. The quantitative estimate of drug-likeness (QED) is 0.494. The molecule has 0 amide bonds. The van der Waals surface area contributed by atoms with E-state index in [1.807, 2.05) is 6.08 Å². The fraction of sp³-hybridized carbons (Fsp3) is 0.690. The number of aliphatic hydroxyl groups is 2. The summed E-state index contributed by atoms with van der Waals surface area (Å²) in [6.45, 7) is 10.6. The number of hydrogen-bond acceptors (Lipinski definition) is 3. The van der Waals surface area contributed by atoms with E-state index in [-0.39, 0.29) is 17.3 Å². The van der Waals surface area contributed by atoms with Gasteiger partial charge in [0.15, 0.2) is 0 Å². The third-order valence-corrected chi connectivity index (χ3v) is 9.51.